The van der Waals surface area contributed by atoms with Gasteiger partial charge in [0.05, 0.1) is 5.69 Å². The van der Waals surface area contributed by atoms with E-state index in [0.29, 0.717) is 5.76 Å². The van der Waals surface area contributed by atoms with Crippen LogP contribution >= 0.6 is 0 Å². The predicted molar refractivity (Wildman–Crippen MR) is 64.1 cm³/mol. The van der Waals surface area contributed by atoms with Gasteiger partial charge in [-0.25, -0.2) is 4.98 Å². The van der Waals surface area contributed by atoms with Crippen molar-refractivity contribution in [2.24, 2.45) is 0 Å². The van der Waals surface area contributed by atoms with E-state index in [-0.39, 0.29) is 5.91 Å². The SMILES string of the molecule is Cc1ccc(C=CC(=O)Nc2cc[nH+]cc2)o1. The number of carbonyl (C=O) groups is 1. The molecular weight excluding hydrogens is 216 g/mol. The molecule has 0 radical (unpaired) electrons. The molecule has 0 aliphatic rings. The van der Waals surface area contributed by atoms with E-state index < -0.39 is 0 Å². The molecular formula is C13H13N2O2+. The lowest BCUT2D eigenvalue weighted by atomic mass is 10.3. The monoisotopic (exact) mass is 229 g/mol. The normalized spacial score (nSPS) is 10.6. The lowest BCUT2D eigenvalue weighted by molar-refractivity contribution is -0.377. The van der Waals surface area contributed by atoms with E-state index in [4.69, 9.17) is 4.42 Å². The van der Waals surface area contributed by atoms with Gasteiger partial charge in [0.15, 0.2) is 12.4 Å². The van der Waals surface area contributed by atoms with Crippen molar-refractivity contribution in [1.29, 1.82) is 0 Å². The van der Waals surface area contributed by atoms with Crippen molar-refractivity contribution in [3.05, 3.63) is 54.3 Å². The van der Waals surface area contributed by atoms with Crippen LogP contribution in [-0.2, 0) is 4.79 Å². The van der Waals surface area contributed by atoms with Gasteiger partial charge in [-0.1, -0.05) is 0 Å². The molecule has 1 amide bonds. The first-order valence-electron chi connectivity index (χ1n) is 5.26. The van der Waals surface area contributed by atoms with Crippen LogP contribution in [0.15, 0.2) is 47.2 Å². The van der Waals surface area contributed by atoms with Crippen molar-refractivity contribution < 1.29 is 14.2 Å². The molecule has 2 heterocycles. The number of pyridine rings is 1. The summed E-state index contributed by atoms with van der Waals surface area (Å²) in [5.74, 6) is 1.30. The minimum Gasteiger partial charge on any atom is -0.462 e. The summed E-state index contributed by atoms with van der Waals surface area (Å²) in [4.78, 5) is 14.4. The largest absolute Gasteiger partial charge is 0.462 e. The fourth-order valence-corrected chi connectivity index (χ4v) is 1.35. The zero-order valence-electron chi connectivity index (χ0n) is 9.44. The fourth-order valence-electron chi connectivity index (χ4n) is 1.35. The minimum atomic E-state index is -0.190. The number of anilines is 1. The molecule has 17 heavy (non-hydrogen) atoms. The average molecular weight is 229 g/mol. The van der Waals surface area contributed by atoms with Gasteiger partial charge in [0.25, 0.3) is 0 Å². The van der Waals surface area contributed by atoms with Crippen LogP contribution in [0.25, 0.3) is 6.08 Å². The van der Waals surface area contributed by atoms with Crippen molar-refractivity contribution in [1.82, 2.24) is 0 Å². The second kappa shape index (κ2) is 5.12. The number of H-pyrrole nitrogens is 1. The number of hydrogen-bond donors (Lipinski definition) is 1. The molecule has 86 valence electrons. The maximum absolute atomic E-state index is 11.5. The maximum Gasteiger partial charge on any atom is 0.248 e. The number of aromatic nitrogens is 1. The Morgan fingerprint density at radius 1 is 1.29 bits per heavy atom. The van der Waals surface area contributed by atoms with Gasteiger partial charge >= 0.3 is 0 Å². The Kier molecular flexibility index (Phi) is 3.35. The molecule has 0 atom stereocenters. The van der Waals surface area contributed by atoms with Crippen LogP contribution in [0.2, 0.25) is 0 Å². The molecule has 0 bridgehead atoms. The molecule has 4 heteroatoms. The highest BCUT2D eigenvalue weighted by molar-refractivity contribution is 6.01. The first-order valence-corrected chi connectivity index (χ1v) is 5.26. The summed E-state index contributed by atoms with van der Waals surface area (Å²) in [5.41, 5.74) is 0.744. The number of hydrogen-bond acceptors (Lipinski definition) is 2. The highest BCUT2D eigenvalue weighted by Gasteiger charge is 1.99. The molecule has 4 nitrogen and oxygen atoms in total. The van der Waals surface area contributed by atoms with E-state index in [1.165, 1.54) is 6.08 Å². The van der Waals surface area contributed by atoms with E-state index in [2.05, 4.69) is 10.3 Å². The molecule has 0 aliphatic heterocycles. The van der Waals surface area contributed by atoms with Crippen LogP contribution in [-0.4, -0.2) is 5.91 Å². The molecule has 2 rings (SSSR count). The molecule has 2 aromatic heterocycles. The number of carbonyl (C=O) groups excluding carboxylic acids is 1. The van der Waals surface area contributed by atoms with Gasteiger partial charge in [0.2, 0.25) is 5.91 Å². The van der Waals surface area contributed by atoms with Crippen LogP contribution in [0.1, 0.15) is 11.5 Å². The molecule has 0 saturated carbocycles. The number of aromatic amines is 1. The van der Waals surface area contributed by atoms with E-state index in [0.717, 1.165) is 11.4 Å². The van der Waals surface area contributed by atoms with E-state index in [1.807, 2.05) is 19.1 Å². The van der Waals surface area contributed by atoms with E-state index in [1.54, 1.807) is 30.6 Å². The van der Waals surface area contributed by atoms with Crippen LogP contribution < -0.4 is 10.3 Å². The lowest BCUT2D eigenvalue weighted by Crippen LogP contribution is -2.09. The van der Waals surface area contributed by atoms with Gasteiger partial charge in [-0.15, -0.1) is 0 Å². The van der Waals surface area contributed by atoms with E-state index >= 15 is 0 Å². The Morgan fingerprint density at radius 2 is 2.06 bits per heavy atom. The third-order valence-electron chi connectivity index (χ3n) is 2.15. The van der Waals surface area contributed by atoms with E-state index in [9.17, 15) is 4.79 Å². The smallest absolute Gasteiger partial charge is 0.248 e. The molecule has 2 aromatic rings. The summed E-state index contributed by atoms with van der Waals surface area (Å²) in [6, 6.07) is 7.23. The summed E-state index contributed by atoms with van der Waals surface area (Å²) in [7, 11) is 0. The number of nitrogens with one attached hydrogen (secondary N) is 2. The standard InChI is InChI=1S/C13H12N2O2/c1-10-2-3-12(17-10)4-5-13(16)15-11-6-8-14-9-7-11/h2-9H,1H3,(H,14,15,16)/p+1. The third-order valence-corrected chi connectivity index (χ3v) is 2.15. The number of amides is 1. The molecule has 0 fully saturated rings. The third kappa shape index (κ3) is 3.31. The zero-order chi connectivity index (χ0) is 12.1. The van der Waals surface area contributed by atoms with Crippen molar-refractivity contribution in [2.45, 2.75) is 6.92 Å². The Morgan fingerprint density at radius 3 is 2.71 bits per heavy atom. The Balaban J connectivity index is 1.96. The summed E-state index contributed by atoms with van der Waals surface area (Å²) in [6.07, 6.45) is 6.57. The molecule has 2 N–H and O–H groups in total. The second-order valence-corrected chi connectivity index (χ2v) is 3.56. The quantitative estimate of drug-likeness (QED) is 0.819. The maximum atomic E-state index is 11.5. The van der Waals surface area contributed by atoms with Gasteiger partial charge in [-0.05, 0) is 25.1 Å². The summed E-state index contributed by atoms with van der Waals surface area (Å²) in [6.45, 7) is 1.86. The fraction of sp³-hybridized carbons (Fsp3) is 0.0769. The molecule has 0 aromatic carbocycles. The second-order valence-electron chi connectivity index (χ2n) is 3.56. The number of aryl methyl sites for hydroxylation is 1. The van der Waals surface area contributed by atoms with Gasteiger partial charge in [0, 0.05) is 18.2 Å². The highest BCUT2D eigenvalue weighted by atomic mass is 16.3. The first-order chi connectivity index (χ1) is 8.24. The van der Waals surface area contributed by atoms with Crippen LogP contribution in [0.3, 0.4) is 0 Å². The van der Waals surface area contributed by atoms with Crippen LogP contribution in [0.4, 0.5) is 5.69 Å². The van der Waals surface area contributed by atoms with Crippen molar-refractivity contribution in [3.63, 3.8) is 0 Å². The molecule has 0 spiro atoms. The zero-order valence-corrected chi connectivity index (χ0v) is 9.44. The van der Waals surface area contributed by atoms with Crippen molar-refractivity contribution >= 4 is 17.7 Å². The highest BCUT2D eigenvalue weighted by Crippen LogP contribution is 2.08. The number of rotatable bonds is 3. The van der Waals surface area contributed by atoms with Crippen molar-refractivity contribution in [3.8, 4) is 0 Å². The number of furan rings is 1. The summed E-state index contributed by atoms with van der Waals surface area (Å²) < 4.78 is 5.31. The molecule has 0 unspecified atom stereocenters. The molecule has 0 saturated heterocycles. The average Bonchev–Trinajstić information content (AvgIpc) is 2.74. The Hall–Kier alpha value is -2.36. The lowest BCUT2D eigenvalue weighted by Gasteiger charge is -1.97. The molecule has 0 aliphatic carbocycles. The topological polar surface area (TPSA) is 56.4 Å². The van der Waals surface area contributed by atoms with Gasteiger partial charge in [-0.2, -0.15) is 0 Å². The Bertz CT molecular complexity index is 529. The van der Waals surface area contributed by atoms with Gasteiger partial charge in [0.1, 0.15) is 11.5 Å². The van der Waals surface area contributed by atoms with Crippen LogP contribution in [0.5, 0.6) is 0 Å². The predicted octanol–water partition coefficient (Wildman–Crippen LogP) is 2.05. The van der Waals surface area contributed by atoms with Crippen LogP contribution in [0, 0.1) is 6.92 Å². The Labute approximate surface area is 99.0 Å². The van der Waals surface area contributed by atoms with Gasteiger partial charge < -0.3 is 9.73 Å². The first kappa shape index (κ1) is 11.1. The summed E-state index contributed by atoms with van der Waals surface area (Å²) >= 11 is 0. The van der Waals surface area contributed by atoms with Crippen molar-refractivity contribution in [2.75, 3.05) is 5.32 Å². The minimum absolute atomic E-state index is 0.190. The van der Waals surface area contributed by atoms with Gasteiger partial charge in [-0.3, -0.25) is 4.79 Å². The summed E-state index contributed by atoms with van der Waals surface area (Å²) in [5, 5.41) is 2.73.